The number of likely N-dealkylation sites (tertiary alicyclic amines) is 1. The zero-order chi connectivity index (χ0) is 18.1. The number of nitrogens with zero attached hydrogens (tertiary/aromatic N) is 4. The van der Waals surface area contributed by atoms with E-state index in [1.165, 1.54) is 18.8 Å². The molecule has 3 heterocycles. The van der Waals surface area contributed by atoms with Gasteiger partial charge in [0.05, 0.1) is 10.9 Å². The molecule has 1 aromatic carbocycles. The van der Waals surface area contributed by atoms with Crippen molar-refractivity contribution in [3.63, 3.8) is 0 Å². The number of rotatable bonds is 2. The fourth-order valence-electron chi connectivity index (χ4n) is 4.28. The molecule has 1 atom stereocenters. The molecule has 2 fully saturated rings. The van der Waals surface area contributed by atoms with Gasteiger partial charge in [0.1, 0.15) is 18.0 Å². The highest BCUT2D eigenvalue weighted by Gasteiger charge is 2.31. The van der Waals surface area contributed by atoms with Crippen LogP contribution in [0.4, 0.5) is 10.2 Å². The van der Waals surface area contributed by atoms with Crippen LogP contribution < -0.4 is 4.90 Å². The van der Waals surface area contributed by atoms with Gasteiger partial charge >= 0.3 is 0 Å². The highest BCUT2D eigenvalue weighted by molar-refractivity contribution is 5.90. The van der Waals surface area contributed by atoms with Crippen LogP contribution in [0.1, 0.15) is 32.6 Å². The third-order valence-corrected chi connectivity index (χ3v) is 5.70. The predicted molar refractivity (Wildman–Crippen MR) is 99.4 cm³/mol. The SMILES string of the molecule is C[C@H]1CCCN(C(=O)C2CCN(c3ncnc4cccc(F)c34)CC2)C1. The first kappa shape index (κ1) is 17.2. The minimum atomic E-state index is -0.293. The molecule has 0 bridgehead atoms. The highest BCUT2D eigenvalue weighted by Crippen LogP contribution is 2.30. The molecule has 1 amide bonds. The summed E-state index contributed by atoms with van der Waals surface area (Å²) in [7, 11) is 0. The topological polar surface area (TPSA) is 49.3 Å². The maximum absolute atomic E-state index is 14.3. The number of amides is 1. The fourth-order valence-corrected chi connectivity index (χ4v) is 4.28. The highest BCUT2D eigenvalue weighted by atomic mass is 19.1. The van der Waals surface area contributed by atoms with E-state index in [9.17, 15) is 9.18 Å². The van der Waals surface area contributed by atoms with Crippen molar-refractivity contribution >= 4 is 22.6 Å². The summed E-state index contributed by atoms with van der Waals surface area (Å²) in [4.78, 5) is 25.5. The van der Waals surface area contributed by atoms with Crippen molar-refractivity contribution in [3.05, 3.63) is 30.3 Å². The Labute approximate surface area is 153 Å². The van der Waals surface area contributed by atoms with Gasteiger partial charge in [-0.05, 0) is 43.7 Å². The molecule has 6 heteroatoms. The number of hydrogen-bond acceptors (Lipinski definition) is 4. The summed E-state index contributed by atoms with van der Waals surface area (Å²) in [6.07, 6.45) is 5.41. The van der Waals surface area contributed by atoms with Crippen LogP contribution >= 0.6 is 0 Å². The van der Waals surface area contributed by atoms with Crippen molar-refractivity contribution in [2.75, 3.05) is 31.1 Å². The first-order chi connectivity index (χ1) is 12.6. The second-order valence-corrected chi connectivity index (χ2v) is 7.62. The van der Waals surface area contributed by atoms with E-state index in [0.717, 1.165) is 45.4 Å². The number of halogens is 1. The average molecular weight is 356 g/mol. The van der Waals surface area contributed by atoms with Crippen LogP contribution in [-0.2, 0) is 4.79 Å². The number of hydrogen-bond donors (Lipinski definition) is 0. The number of benzene rings is 1. The van der Waals surface area contributed by atoms with E-state index >= 15 is 0 Å². The number of carbonyl (C=O) groups is 1. The lowest BCUT2D eigenvalue weighted by atomic mass is 9.92. The van der Waals surface area contributed by atoms with Gasteiger partial charge in [0.25, 0.3) is 0 Å². The van der Waals surface area contributed by atoms with Gasteiger partial charge in [0.2, 0.25) is 5.91 Å². The smallest absolute Gasteiger partial charge is 0.225 e. The molecule has 5 nitrogen and oxygen atoms in total. The van der Waals surface area contributed by atoms with Crippen LogP contribution in [0.2, 0.25) is 0 Å². The summed E-state index contributed by atoms with van der Waals surface area (Å²) in [5.41, 5.74) is 0.621. The van der Waals surface area contributed by atoms with Gasteiger partial charge in [0, 0.05) is 32.1 Å². The monoisotopic (exact) mass is 356 g/mol. The van der Waals surface area contributed by atoms with Gasteiger partial charge < -0.3 is 9.80 Å². The summed E-state index contributed by atoms with van der Waals surface area (Å²) in [6.45, 7) is 5.45. The molecule has 26 heavy (non-hydrogen) atoms. The fraction of sp³-hybridized carbons (Fsp3) is 0.550. The summed E-state index contributed by atoms with van der Waals surface area (Å²) in [6, 6.07) is 4.92. The van der Waals surface area contributed by atoms with Gasteiger partial charge in [-0.25, -0.2) is 14.4 Å². The molecule has 1 aromatic heterocycles. The normalized spacial score (nSPS) is 22.0. The second kappa shape index (κ2) is 7.17. The van der Waals surface area contributed by atoms with E-state index in [0.29, 0.717) is 28.5 Å². The maximum Gasteiger partial charge on any atom is 0.225 e. The Balaban J connectivity index is 1.47. The van der Waals surface area contributed by atoms with Crippen molar-refractivity contribution in [2.24, 2.45) is 11.8 Å². The number of aromatic nitrogens is 2. The van der Waals surface area contributed by atoms with Crippen LogP contribution in [0.25, 0.3) is 10.9 Å². The quantitative estimate of drug-likeness (QED) is 0.829. The largest absolute Gasteiger partial charge is 0.356 e. The van der Waals surface area contributed by atoms with Crippen molar-refractivity contribution in [2.45, 2.75) is 32.6 Å². The van der Waals surface area contributed by atoms with Gasteiger partial charge in [0.15, 0.2) is 0 Å². The van der Waals surface area contributed by atoms with Crippen molar-refractivity contribution in [1.82, 2.24) is 14.9 Å². The van der Waals surface area contributed by atoms with Gasteiger partial charge in [-0.2, -0.15) is 0 Å². The number of carbonyl (C=O) groups excluding carboxylic acids is 1. The Bertz CT molecular complexity index is 798. The van der Waals surface area contributed by atoms with Crippen LogP contribution in [0.15, 0.2) is 24.5 Å². The standard InChI is InChI=1S/C20H25FN4O/c1-14-4-3-9-25(12-14)20(26)15-7-10-24(11-8-15)19-18-16(21)5-2-6-17(18)22-13-23-19/h2,5-6,13-15H,3-4,7-12H2,1H3/t14-/m0/s1. The van der Waals surface area contributed by atoms with Gasteiger partial charge in [-0.15, -0.1) is 0 Å². The Morgan fingerprint density at radius 1 is 1.15 bits per heavy atom. The number of fused-ring (bicyclic) bond motifs is 1. The van der Waals surface area contributed by atoms with Crippen molar-refractivity contribution in [1.29, 1.82) is 0 Å². The van der Waals surface area contributed by atoms with Crippen molar-refractivity contribution < 1.29 is 9.18 Å². The zero-order valence-electron chi connectivity index (χ0n) is 15.2. The maximum atomic E-state index is 14.3. The van der Waals surface area contributed by atoms with Crippen LogP contribution in [0.5, 0.6) is 0 Å². The van der Waals surface area contributed by atoms with E-state index in [2.05, 4.69) is 21.8 Å². The summed E-state index contributed by atoms with van der Waals surface area (Å²) in [5.74, 6) is 1.33. The lowest BCUT2D eigenvalue weighted by Gasteiger charge is -2.37. The molecule has 4 rings (SSSR count). The first-order valence-electron chi connectivity index (χ1n) is 9.56. The Kier molecular flexibility index (Phi) is 4.74. The van der Waals surface area contributed by atoms with E-state index in [4.69, 9.17) is 0 Å². The Morgan fingerprint density at radius 2 is 1.96 bits per heavy atom. The molecule has 0 aliphatic carbocycles. The van der Waals surface area contributed by atoms with E-state index in [-0.39, 0.29) is 11.7 Å². The summed E-state index contributed by atoms with van der Waals surface area (Å²) < 4.78 is 14.3. The molecule has 0 radical (unpaired) electrons. The van der Waals surface area contributed by atoms with Gasteiger partial charge in [-0.3, -0.25) is 4.79 Å². The third-order valence-electron chi connectivity index (χ3n) is 5.70. The van der Waals surface area contributed by atoms with Crippen LogP contribution in [0, 0.1) is 17.7 Å². The minimum absolute atomic E-state index is 0.0782. The molecule has 2 aliphatic rings. The summed E-state index contributed by atoms with van der Waals surface area (Å²) >= 11 is 0. The Morgan fingerprint density at radius 3 is 2.73 bits per heavy atom. The lowest BCUT2D eigenvalue weighted by Crippen LogP contribution is -2.46. The van der Waals surface area contributed by atoms with E-state index in [1.54, 1.807) is 12.1 Å². The molecule has 0 spiro atoms. The number of anilines is 1. The van der Waals surface area contributed by atoms with E-state index < -0.39 is 0 Å². The van der Waals surface area contributed by atoms with E-state index in [1.807, 2.05) is 4.90 Å². The molecular formula is C20H25FN4O. The molecule has 2 aromatic rings. The van der Waals surface area contributed by atoms with Crippen molar-refractivity contribution in [3.8, 4) is 0 Å². The molecule has 0 N–H and O–H groups in total. The molecular weight excluding hydrogens is 331 g/mol. The predicted octanol–water partition coefficient (Wildman–Crippen LogP) is 3.24. The zero-order valence-corrected chi connectivity index (χ0v) is 15.2. The second-order valence-electron chi connectivity index (χ2n) is 7.62. The molecule has 2 saturated heterocycles. The molecule has 0 unspecified atom stereocenters. The molecule has 0 saturated carbocycles. The Hall–Kier alpha value is -2.24. The van der Waals surface area contributed by atoms with Gasteiger partial charge in [-0.1, -0.05) is 13.0 Å². The number of piperidine rings is 2. The van der Waals surface area contributed by atoms with Crippen LogP contribution in [-0.4, -0.2) is 47.0 Å². The van der Waals surface area contributed by atoms with Crippen LogP contribution in [0.3, 0.4) is 0 Å². The lowest BCUT2D eigenvalue weighted by molar-refractivity contribution is -0.137. The first-order valence-corrected chi connectivity index (χ1v) is 9.56. The average Bonchev–Trinajstić information content (AvgIpc) is 2.67. The molecule has 138 valence electrons. The summed E-state index contributed by atoms with van der Waals surface area (Å²) in [5, 5.41) is 0.477. The molecule has 2 aliphatic heterocycles. The minimum Gasteiger partial charge on any atom is -0.356 e. The third kappa shape index (κ3) is 3.24.